The van der Waals surface area contributed by atoms with Gasteiger partial charge in [0.05, 0.1) is 11.9 Å². The first-order valence-electron chi connectivity index (χ1n) is 5.76. The topological polar surface area (TPSA) is 69.9 Å². The van der Waals surface area contributed by atoms with Gasteiger partial charge in [0.25, 0.3) is 0 Å². The Morgan fingerprint density at radius 1 is 1.33 bits per heavy atom. The van der Waals surface area contributed by atoms with E-state index in [0.29, 0.717) is 18.1 Å². The second kappa shape index (κ2) is 3.87. The standard InChI is InChI=1S/C13H14N4O/c1-8-3-9(2)13-11(4-8)16-12(18-13)7-17-6-10(14)5-15-17/h3-6H,7,14H2,1-2H3. The summed E-state index contributed by atoms with van der Waals surface area (Å²) in [6.07, 6.45) is 3.37. The van der Waals surface area contributed by atoms with E-state index in [0.717, 1.165) is 16.7 Å². The zero-order chi connectivity index (χ0) is 12.7. The van der Waals surface area contributed by atoms with E-state index in [1.165, 1.54) is 5.56 Å². The molecule has 0 aliphatic rings. The van der Waals surface area contributed by atoms with Crippen molar-refractivity contribution in [2.24, 2.45) is 0 Å². The van der Waals surface area contributed by atoms with Crippen LogP contribution < -0.4 is 5.73 Å². The van der Waals surface area contributed by atoms with Crippen molar-refractivity contribution in [3.05, 3.63) is 41.5 Å². The maximum absolute atomic E-state index is 5.75. The Labute approximate surface area is 104 Å². The van der Waals surface area contributed by atoms with E-state index < -0.39 is 0 Å². The van der Waals surface area contributed by atoms with Crippen molar-refractivity contribution in [3.63, 3.8) is 0 Å². The lowest BCUT2D eigenvalue weighted by molar-refractivity contribution is 0.490. The molecule has 1 aromatic carbocycles. The molecular weight excluding hydrogens is 228 g/mol. The second-order valence-electron chi connectivity index (χ2n) is 4.51. The molecule has 18 heavy (non-hydrogen) atoms. The molecule has 0 bridgehead atoms. The number of fused-ring (bicyclic) bond motifs is 1. The van der Waals surface area contributed by atoms with Crippen LogP contribution in [0.2, 0.25) is 0 Å². The molecule has 2 heterocycles. The molecule has 0 amide bonds. The summed E-state index contributed by atoms with van der Waals surface area (Å²) in [5, 5.41) is 4.11. The molecule has 2 N–H and O–H groups in total. The Morgan fingerprint density at radius 2 is 2.17 bits per heavy atom. The molecule has 0 unspecified atom stereocenters. The summed E-state index contributed by atoms with van der Waals surface area (Å²) in [6, 6.07) is 4.11. The number of nitrogens with zero attached hydrogens (tertiary/aromatic N) is 3. The molecule has 3 aromatic rings. The van der Waals surface area contributed by atoms with Crippen LogP contribution >= 0.6 is 0 Å². The van der Waals surface area contributed by atoms with E-state index in [1.807, 2.05) is 13.0 Å². The van der Waals surface area contributed by atoms with Crippen molar-refractivity contribution in [1.29, 1.82) is 0 Å². The number of hydrogen-bond acceptors (Lipinski definition) is 4. The first-order chi connectivity index (χ1) is 8.61. The normalized spacial score (nSPS) is 11.2. The van der Waals surface area contributed by atoms with Gasteiger partial charge in [-0.05, 0) is 31.0 Å². The van der Waals surface area contributed by atoms with E-state index in [9.17, 15) is 0 Å². The average molecular weight is 242 g/mol. The number of hydrogen-bond donors (Lipinski definition) is 1. The molecule has 0 saturated carbocycles. The molecule has 0 aliphatic carbocycles. The number of rotatable bonds is 2. The summed E-state index contributed by atoms with van der Waals surface area (Å²) in [4.78, 5) is 4.47. The van der Waals surface area contributed by atoms with E-state index in [1.54, 1.807) is 17.1 Å². The van der Waals surface area contributed by atoms with Crippen LogP contribution in [-0.2, 0) is 6.54 Å². The van der Waals surface area contributed by atoms with Crippen LogP contribution in [0.1, 0.15) is 17.0 Å². The van der Waals surface area contributed by atoms with Gasteiger partial charge in [-0.2, -0.15) is 5.10 Å². The Morgan fingerprint density at radius 3 is 2.89 bits per heavy atom. The van der Waals surface area contributed by atoms with Crippen LogP contribution in [0.5, 0.6) is 0 Å². The van der Waals surface area contributed by atoms with E-state index in [4.69, 9.17) is 10.2 Å². The number of nitrogens with two attached hydrogens (primary N) is 1. The number of aryl methyl sites for hydroxylation is 2. The fourth-order valence-corrected chi connectivity index (χ4v) is 2.09. The maximum Gasteiger partial charge on any atom is 0.217 e. The maximum atomic E-state index is 5.75. The number of anilines is 1. The zero-order valence-corrected chi connectivity index (χ0v) is 10.3. The zero-order valence-electron chi connectivity index (χ0n) is 10.3. The molecule has 0 spiro atoms. The predicted molar refractivity (Wildman–Crippen MR) is 69.2 cm³/mol. The SMILES string of the molecule is Cc1cc(C)c2oc(Cn3cc(N)cn3)nc2c1. The Balaban J connectivity index is 2.01. The molecular formula is C13H14N4O. The van der Waals surface area contributed by atoms with Gasteiger partial charge in [0.15, 0.2) is 5.58 Å². The van der Waals surface area contributed by atoms with Crippen LogP contribution in [0.3, 0.4) is 0 Å². The number of benzene rings is 1. The van der Waals surface area contributed by atoms with Gasteiger partial charge in [-0.25, -0.2) is 4.98 Å². The minimum Gasteiger partial charge on any atom is -0.438 e. The van der Waals surface area contributed by atoms with Crippen molar-refractivity contribution in [1.82, 2.24) is 14.8 Å². The summed E-state index contributed by atoms with van der Waals surface area (Å²) in [5.41, 5.74) is 10.3. The highest BCUT2D eigenvalue weighted by molar-refractivity contribution is 5.77. The van der Waals surface area contributed by atoms with Crippen molar-refractivity contribution in [2.45, 2.75) is 20.4 Å². The summed E-state index contributed by atoms with van der Waals surface area (Å²) >= 11 is 0. The quantitative estimate of drug-likeness (QED) is 0.748. The smallest absolute Gasteiger partial charge is 0.217 e. The van der Waals surface area contributed by atoms with E-state index >= 15 is 0 Å². The van der Waals surface area contributed by atoms with Crippen molar-refractivity contribution >= 4 is 16.8 Å². The predicted octanol–water partition coefficient (Wildman–Crippen LogP) is 2.27. The van der Waals surface area contributed by atoms with Gasteiger partial charge >= 0.3 is 0 Å². The Bertz CT molecular complexity index is 711. The minimum atomic E-state index is 0.490. The fourth-order valence-electron chi connectivity index (χ4n) is 2.09. The average Bonchev–Trinajstić information content (AvgIpc) is 2.85. The Hall–Kier alpha value is -2.30. The van der Waals surface area contributed by atoms with Crippen LogP contribution in [-0.4, -0.2) is 14.8 Å². The Kier molecular flexibility index (Phi) is 2.33. The number of oxazole rings is 1. The summed E-state index contributed by atoms with van der Waals surface area (Å²) in [6.45, 7) is 4.57. The molecule has 5 nitrogen and oxygen atoms in total. The van der Waals surface area contributed by atoms with Gasteiger partial charge in [0.1, 0.15) is 12.1 Å². The van der Waals surface area contributed by atoms with Gasteiger partial charge in [0, 0.05) is 6.20 Å². The first kappa shape index (κ1) is 10.8. The van der Waals surface area contributed by atoms with Gasteiger partial charge < -0.3 is 10.2 Å². The summed E-state index contributed by atoms with van der Waals surface area (Å²) in [5.74, 6) is 0.641. The van der Waals surface area contributed by atoms with Crippen LogP contribution in [0.25, 0.3) is 11.1 Å². The summed E-state index contributed by atoms with van der Waals surface area (Å²) < 4.78 is 7.46. The van der Waals surface area contributed by atoms with Gasteiger partial charge in [-0.15, -0.1) is 0 Å². The highest BCUT2D eigenvalue weighted by atomic mass is 16.3. The first-order valence-corrected chi connectivity index (χ1v) is 5.76. The third-order valence-corrected chi connectivity index (χ3v) is 2.81. The minimum absolute atomic E-state index is 0.490. The number of aromatic nitrogens is 3. The molecule has 0 radical (unpaired) electrons. The molecule has 3 rings (SSSR count). The molecule has 0 saturated heterocycles. The number of nitrogen functional groups attached to an aromatic ring is 1. The van der Waals surface area contributed by atoms with Crippen LogP contribution in [0.15, 0.2) is 28.9 Å². The van der Waals surface area contributed by atoms with E-state index in [-0.39, 0.29) is 0 Å². The lowest BCUT2D eigenvalue weighted by Gasteiger charge is -1.95. The van der Waals surface area contributed by atoms with Gasteiger partial charge in [-0.3, -0.25) is 4.68 Å². The third-order valence-electron chi connectivity index (χ3n) is 2.81. The summed E-state index contributed by atoms with van der Waals surface area (Å²) in [7, 11) is 0. The monoisotopic (exact) mass is 242 g/mol. The van der Waals surface area contributed by atoms with Crippen molar-refractivity contribution in [3.8, 4) is 0 Å². The van der Waals surface area contributed by atoms with Crippen molar-refractivity contribution < 1.29 is 4.42 Å². The van der Waals surface area contributed by atoms with Gasteiger partial charge in [0.2, 0.25) is 5.89 Å². The van der Waals surface area contributed by atoms with Crippen molar-refractivity contribution in [2.75, 3.05) is 5.73 Å². The highest BCUT2D eigenvalue weighted by Gasteiger charge is 2.09. The van der Waals surface area contributed by atoms with Gasteiger partial charge in [-0.1, -0.05) is 6.07 Å². The molecule has 0 aliphatic heterocycles. The fraction of sp³-hybridized carbons (Fsp3) is 0.231. The molecule has 0 atom stereocenters. The highest BCUT2D eigenvalue weighted by Crippen LogP contribution is 2.21. The molecule has 0 fully saturated rings. The lowest BCUT2D eigenvalue weighted by atomic mass is 10.1. The largest absolute Gasteiger partial charge is 0.438 e. The lowest BCUT2D eigenvalue weighted by Crippen LogP contribution is -1.99. The molecule has 5 heteroatoms. The molecule has 2 aromatic heterocycles. The van der Waals surface area contributed by atoms with E-state index in [2.05, 4.69) is 23.1 Å². The second-order valence-corrected chi connectivity index (χ2v) is 4.51. The third kappa shape index (κ3) is 1.84. The van der Waals surface area contributed by atoms with Crippen LogP contribution in [0, 0.1) is 13.8 Å². The van der Waals surface area contributed by atoms with Crippen LogP contribution in [0.4, 0.5) is 5.69 Å². The molecule has 92 valence electrons.